The summed E-state index contributed by atoms with van der Waals surface area (Å²) in [4.78, 5) is 28.1. The van der Waals surface area contributed by atoms with Crippen LogP contribution >= 0.6 is 23.4 Å². The molecule has 1 aromatic heterocycles. The Morgan fingerprint density at radius 1 is 1.07 bits per heavy atom. The van der Waals surface area contributed by atoms with Gasteiger partial charge in [-0.05, 0) is 72.9 Å². The van der Waals surface area contributed by atoms with Crippen molar-refractivity contribution in [3.63, 3.8) is 0 Å². The van der Waals surface area contributed by atoms with E-state index in [9.17, 15) is 9.59 Å². The van der Waals surface area contributed by atoms with Gasteiger partial charge in [-0.2, -0.15) is 5.10 Å². The molecule has 0 radical (unpaired) electrons. The molecule has 206 valence electrons. The van der Waals surface area contributed by atoms with Gasteiger partial charge in [0, 0.05) is 22.9 Å². The summed E-state index contributed by atoms with van der Waals surface area (Å²) in [6.07, 6.45) is 1.55. The van der Waals surface area contributed by atoms with Gasteiger partial charge in [-0.1, -0.05) is 65.3 Å². The molecule has 0 fully saturated rings. The van der Waals surface area contributed by atoms with Gasteiger partial charge in [0.15, 0.2) is 0 Å². The van der Waals surface area contributed by atoms with Gasteiger partial charge < -0.3 is 10.2 Å². The molecule has 10 nitrogen and oxygen atoms in total. The quantitative estimate of drug-likeness (QED) is 0.153. The predicted octanol–water partition coefficient (Wildman–Crippen LogP) is 4.51. The molecule has 0 aliphatic carbocycles. The summed E-state index contributed by atoms with van der Waals surface area (Å²) < 4.78 is 1.76. The Morgan fingerprint density at radius 3 is 2.70 bits per heavy atom. The largest absolute Gasteiger partial charge is 0.321 e. The Kier molecular flexibility index (Phi) is 10.0. The van der Waals surface area contributed by atoms with Crippen LogP contribution in [-0.4, -0.2) is 63.8 Å². The summed E-state index contributed by atoms with van der Waals surface area (Å²) in [5.74, 6) is -0.280. The number of tetrazole rings is 1. The number of likely N-dealkylation sites (N-methyl/N-ethyl adjacent to an activating group) is 1. The first-order valence-corrected chi connectivity index (χ1v) is 13.8. The molecule has 2 N–H and O–H groups in total. The average Bonchev–Trinajstić information content (AvgIpc) is 3.39. The fraction of sp³-hybridized carbons (Fsp3) is 0.214. The molecule has 0 saturated heterocycles. The van der Waals surface area contributed by atoms with Gasteiger partial charge >= 0.3 is 0 Å². The van der Waals surface area contributed by atoms with E-state index < -0.39 is 5.91 Å². The number of aryl methyl sites for hydroxylation is 1. The number of hydrogen-bond acceptors (Lipinski definition) is 8. The first-order chi connectivity index (χ1) is 19.3. The van der Waals surface area contributed by atoms with Crippen LogP contribution in [0.2, 0.25) is 5.02 Å². The summed E-state index contributed by atoms with van der Waals surface area (Å²) in [6.45, 7) is 3.47. The van der Waals surface area contributed by atoms with Crippen LogP contribution < -0.4 is 10.7 Å². The normalized spacial score (nSPS) is 11.2. The molecule has 0 aliphatic rings. The van der Waals surface area contributed by atoms with Crippen molar-refractivity contribution in [3.05, 3.63) is 99.6 Å². The Bertz CT molecular complexity index is 1520. The second-order valence-corrected chi connectivity index (χ2v) is 10.6. The Hall–Kier alpha value is -4.06. The number of rotatable bonds is 11. The molecule has 0 unspecified atom stereocenters. The number of hydrazone groups is 1. The fourth-order valence-corrected chi connectivity index (χ4v) is 4.69. The van der Waals surface area contributed by atoms with Crippen molar-refractivity contribution in [2.24, 2.45) is 5.10 Å². The lowest BCUT2D eigenvalue weighted by atomic mass is 10.1. The van der Waals surface area contributed by atoms with Gasteiger partial charge in [0.2, 0.25) is 5.16 Å². The molecule has 2 amide bonds. The van der Waals surface area contributed by atoms with Crippen LogP contribution in [0.25, 0.3) is 0 Å². The van der Waals surface area contributed by atoms with Gasteiger partial charge in [-0.25, -0.2) is 10.1 Å². The van der Waals surface area contributed by atoms with Crippen LogP contribution in [-0.2, 0) is 12.3 Å². The van der Waals surface area contributed by atoms with E-state index in [-0.39, 0.29) is 11.5 Å². The minimum Gasteiger partial charge on any atom is -0.321 e. The first kappa shape index (κ1) is 28.9. The van der Waals surface area contributed by atoms with Crippen LogP contribution in [0.5, 0.6) is 0 Å². The standard InChI is InChI=1S/C28H29ClN8O2S/c1-19-6-4-7-20(14-19)17-30-32-27(39)24-16-23(29)10-11-25(24)31-26(38)22-9-5-8-21(15-22)18-40-28-33-34-35-37(28)13-12-36(2)3/h4-11,14-17H,12-13,18H2,1-3H3,(H,31,38)(H,32,39). The number of hydrogen-bond donors (Lipinski definition) is 2. The van der Waals surface area contributed by atoms with Gasteiger partial charge in [0.1, 0.15) is 0 Å². The summed E-state index contributed by atoms with van der Waals surface area (Å²) >= 11 is 7.65. The van der Waals surface area contributed by atoms with E-state index in [0.29, 0.717) is 33.7 Å². The van der Waals surface area contributed by atoms with Crippen LogP contribution in [0.3, 0.4) is 0 Å². The van der Waals surface area contributed by atoms with E-state index in [1.165, 1.54) is 17.8 Å². The minimum atomic E-state index is -0.501. The number of nitrogens with zero attached hydrogens (tertiary/aromatic N) is 6. The molecule has 0 atom stereocenters. The number of carbonyl (C=O) groups excluding carboxylic acids is 2. The third-order valence-electron chi connectivity index (χ3n) is 5.71. The van der Waals surface area contributed by atoms with Crippen molar-refractivity contribution in [2.45, 2.75) is 24.4 Å². The smallest absolute Gasteiger partial charge is 0.273 e. The monoisotopic (exact) mass is 576 g/mol. The van der Waals surface area contributed by atoms with E-state index in [1.54, 1.807) is 35.2 Å². The lowest BCUT2D eigenvalue weighted by Crippen LogP contribution is -2.21. The summed E-state index contributed by atoms with van der Waals surface area (Å²) in [6, 6.07) is 19.7. The first-order valence-electron chi connectivity index (χ1n) is 12.4. The zero-order valence-corrected chi connectivity index (χ0v) is 23.9. The number of amides is 2. The van der Waals surface area contributed by atoms with Crippen molar-refractivity contribution in [1.29, 1.82) is 0 Å². The molecule has 0 spiro atoms. The van der Waals surface area contributed by atoms with Crippen molar-refractivity contribution < 1.29 is 9.59 Å². The van der Waals surface area contributed by atoms with Crippen LogP contribution in [0, 0.1) is 6.92 Å². The zero-order valence-electron chi connectivity index (χ0n) is 22.3. The highest BCUT2D eigenvalue weighted by Gasteiger charge is 2.16. The van der Waals surface area contributed by atoms with Gasteiger partial charge in [-0.15, -0.1) is 5.10 Å². The van der Waals surface area contributed by atoms with E-state index >= 15 is 0 Å². The number of halogens is 1. The maximum atomic E-state index is 13.1. The topological polar surface area (TPSA) is 117 Å². The van der Waals surface area contributed by atoms with E-state index in [2.05, 4.69) is 36.3 Å². The zero-order chi connectivity index (χ0) is 28.5. The van der Waals surface area contributed by atoms with Crippen molar-refractivity contribution >= 4 is 47.1 Å². The number of nitrogens with one attached hydrogen (secondary N) is 2. The maximum absolute atomic E-state index is 13.1. The van der Waals surface area contributed by atoms with Crippen molar-refractivity contribution in [1.82, 2.24) is 30.5 Å². The number of thioether (sulfide) groups is 1. The van der Waals surface area contributed by atoms with E-state index in [0.717, 1.165) is 23.2 Å². The highest BCUT2D eigenvalue weighted by molar-refractivity contribution is 7.98. The second-order valence-electron chi connectivity index (χ2n) is 9.23. The molecule has 1 heterocycles. The number of aromatic nitrogens is 4. The molecule has 0 bridgehead atoms. The molecule has 4 rings (SSSR count). The summed E-state index contributed by atoms with van der Waals surface area (Å²) in [5.41, 5.74) is 6.32. The van der Waals surface area contributed by atoms with Gasteiger partial charge in [0.25, 0.3) is 11.8 Å². The molecular formula is C28H29ClN8O2S. The highest BCUT2D eigenvalue weighted by atomic mass is 35.5. The van der Waals surface area contributed by atoms with Crippen molar-refractivity contribution in [3.8, 4) is 0 Å². The van der Waals surface area contributed by atoms with Gasteiger partial charge in [0.05, 0.1) is 24.0 Å². The Balaban J connectivity index is 1.41. The minimum absolute atomic E-state index is 0.193. The Morgan fingerprint density at radius 2 is 1.90 bits per heavy atom. The lowest BCUT2D eigenvalue weighted by molar-refractivity contribution is 0.0956. The maximum Gasteiger partial charge on any atom is 0.273 e. The second kappa shape index (κ2) is 13.8. The van der Waals surface area contributed by atoms with Crippen LogP contribution in [0.15, 0.2) is 77.0 Å². The van der Waals surface area contributed by atoms with Crippen LogP contribution in [0.1, 0.15) is 37.4 Å². The molecule has 0 aliphatic heterocycles. The molecule has 12 heteroatoms. The number of anilines is 1. The fourth-order valence-electron chi connectivity index (χ4n) is 3.67. The Labute approximate surface area is 241 Å². The van der Waals surface area contributed by atoms with E-state index in [4.69, 9.17) is 11.6 Å². The molecule has 4 aromatic rings. The summed E-state index contributed by atoms with van der Waals surface area (Å²) in [7, 11) is 3.99. The SMILES string of the molecule is Cc1cccc(C=NNC(=O)c2cc(Cl)ccc2NC(=O)c2cccc(CSc3nnnn3CCN(C)C)c2)c1. The number of carbonyl (C=O) groups is 2. The third kappa shape index (κ3) is 8.22. The lowest BCUT2D eigenvalue weighted by Gasteiger charge is -2.12. The average molecular weight is 577 g/mol. The van der Waals surface area contributed by atoms with Gasteiger partial charge in [-0.3, -0.25) is 9.59 Å². The summed E-state index contributed by atoms with van der Waals surface area (Å²) in [5, 5.41) is 19.9. The molecular weight excluding hydrogens is 548 g/mol. The third-order valence-corrected chi connectivity index (χ3v) is 6.97. The van der Waals surface area contributed by atoms with Crippen molar-refractivity contribution in [2.75, 3.05) is 26.0 Å². The molecule has 3 aromatic carbocycles. The predicted molar refractivity (Wildman–Crippen MR) is 158 cm³/mol. The molecule has 40 heavy (non-hydrogen) atoms. The highest BCUT2D eigenvalue weighted by Crippen LogP contribution is 2.23. The van der Waals surface area contributed by atoms with E-state index in [1.807, 2.05) is 57.4 Å². The number of benzene rings is 3. The van der Waals surface area contributed by atoms with Crippen LogP contribution in [0.4, 0.5) is 5.69 Å². The molecule has 0 saturated carbocycles.